The van der Waals surface area contributed by atoms with Crippen LogP contribution in [0.25, 0.3) is 10.9 Å². The highest BCUT2D eigenvalue weighted by Crippen LogP contribution is 2.47. The van der Waals surface area contributed by atoms with Crippen molar-refractivity contribution in [1.29, 1.82) is 0 Å². The van der Waals surface area contributed by atoms with Gasteiger partial charge in [0.2, 0.25) is 5.91 Å². The number of hydrogen-bond donors (Lipinski definition) is 2. The maximum atomic E-state index is 12.5. The van der Waals surface area contributed by atoms with Crippen molar-refractivity contribution in [2.75, 3.05) is 5.43 Å². The third kappa shape index (κ3) is 2.29. The fourth-order valence-corrected chi connectivity index (χ4v) is 3.81. The summed E-state index contributed by atoms with van der Waals surface area (Å²) in [4.78, 5) is 32.2. The molecule has 0 unspecified atom stereocenters. The predicted octanol–water partition coefficient (Wildman–Crippen LogP) is 0.261. The summed E-state index contributed by atoms with van der Waals surface area (Å²) < 4.78 is 0. The van der Waals surface area contributed by atoms with E-state index in [1.165, 1.54) is 6.33 Å². The normalized spacial score (nSPS) is 27.3. The van der Waals surface area contributed by atoms with Crippen molar-refractivity contribution in [3.05, 3.63) is 42.7 Å². The molecule has 2 N–H and O–H groups in total. The average molecular weight is 323 g/mol. The summed E-state index contributed by atoms with van der Waals surface area (Å²) in [5.74, 6) is -2.62. The number of amides is 1. The highest BCUT2D eigenvalue weighted by molar-refractivity contribution is 5.91. The number of benzene rings is 1. The Morgan fingerprint density at radius 3 is 2.62 bits per heavy atom. The fourth-order valence-electron chi connectivity index (χ4n) is 3.81. The van der Waals surface area contributed by atoms with Gasteiger partial charge in [-0.25, -0.2) is 9.97 Å². The Morgan fingerprint density at radius 1 is 1.08 bits per heavy atom. The van der Waals surface area contributed by atoms with Crippen LogP contribution in [0.1, 0.15) is 6.42 Å². The van der Waals surface area contributed by atoms with Crippen LogP contribution in [0.5, 0.6) is 0 Å². The van der Waals surface area contributed by atoms with Crippen LogP contribution < -0.4 is 16.0 Å². The van der Waals surface area contributed by atoms with E-state index in [0.717, 1.165) is 10.9 Å². The second-order valence-corrected chi connectivity index (χ2v) is 6.17. The first-order valence-corrected chi connectivity index (χ1v) is 7.80. The van der Waals surface area contributed by atoms with Gasteiger partial charge in [-0.2, -0.15) is 0 Å². The number of carbonyl (C=O) groups is 2. The number of allylic oxidation sites excluding steroid dienone is 2. The third-order valence-corrected chi connectivity index (χ3v) is 4.88. The summed E-state index contributed by atoms with van der Waals surface area (Å²) in [6.45, 7) is 0. The van der Waals surface area contributed by atoms with E-state index >= 15 is 0 Å². The lowest BCUT2D eigenvalue weighted by atomic mass is 9.82. The van der Waals surface area contributed by atoms with Crippen LogP contribution in [0.15, 0.2) is 42.7 Å². The molecule has 1 aromatic heterocycles. The van der Waals surface area contributed by atoms with Crippen molar-refractivity contribution in [1.82, 2.24) is 15.4 Å². The molecular formula is C17H15N4O3-. The van der Waals surface area contributed by atoms with E-state index < -0.39 is 17.8 Å². The van der Waals surface area contributed by atoms with Gasteiger partial charge < -0.3 is 9.90 Å². The Labute approximate surface area is 137 Å². The number of hydrogen-bond acceptors (Lipinski definition) is 6. The first-order chi connectivity index (χ1) is 11.6. The number of fused-ring (bicyclic) bond motifs is 3. The van der Waals surface area contributed by atoms with E-state index in [-0.39, 0.29) is 17.7 Å². The smallest absolute Gasteiger partial charge is 0.242 e. The summed E-state index contributed by atoms with van der Waals surface area (Å²) in [5.41, 5.74) is 6.14. The van der Waals surface area contributed by atoms with E-state index in [1.54, 1.807) is 0 Å². The number of rotatable bonds is 4. The Hall–Kier alpha value is -2.96. The van der Waals surface area contributed by atoms with Crippen LogP contribution in [-0.4, -0.2) is 21.8 Å². The molecule has 7 nitrogen and oxygen atoms in total. The Kier molecular flexibility index (Phi) is 3.41. The second kappa shape index (κ2) is 5.59. The van der Waals surface area contributed by atoms with Gasteiger partial charge >= 0.3 is 0 Å². The SMILES string of the molecule is O=C(NNc1ncnc2ccccc12)[C@@H]1[C@@H](C(=O)[O-])[C@H]2C=C[C@@H]1C2. The maximum Gasteiger partial charge on any atom is 0.242 e. The average Bonchev–Trinajstić information content (AvgIpc) is 3.20. The molecule has 4 rings (SSSR count). The molecule has 0 aliphatic heterocycles. The first-order valence-electron chi connectivity index (χ1n) is 7.80. The van der Waals surface area contributed by atoms with Gasteiger partial charge in [-0.15, -0.1) is 0 Å². The van der Waals surface area contributed by atoms with E-state index in [0.29, 0.717) is 12.2 Å². The molecule has 1 heterocycles. The molecule has 2 aliphatic carbocycles. The van der Waals surface area contributed by atoms with Gasteiger partial charge in [0.25, 0.3) is 0 Å². The minimum atomic E-state index is -1.17. The number of aliphatic carboxylic acids is 1. The molecule has 24 heavy (non-hydrogen) atoms. The largest absolute Gasteiger partial charge is 0.550 e. The molecular weight excluding hydrogens is 308 g/mol. The van der Waals surface area contributed by atoms with Gasteiger partial charge in [0.15, 0.2) is 5.82 Å². The van der Waals surface area contributed by atoms with Crippen LogP contribution in [0.3, 0.4) is 0 Å². The van der Waals surface area contributed by atoms with Crippen LogP contribution in [0.2, 0.25) is 0 Å². The summed E-state index contributed by atoms with van der Waals surface area (Å²) in [7, 11) is 0. The van der Waals surface area contributed by atoms with Crippen molar-refractivity contribution in [3.63, 3.8) is 0 Å². The molecule has 7 heteroatoms. The Balaban J connectivity index is 1.52. The number of carbonyl (C=O) groups excluding carboxylic acids is 2. The molecule has 1 amide bonds. The number of nitrogens with zero attached hydrogens (tertiary/aromatic N) is 2. The van der Waals surface area contributed by atoms with Crippen molar-refractivity contribution in [2.45, 2.75) is 6.42 Å². The van der Waals surface area contributed by atoms with Crippen molar-refractivity contribution >= 4 is 28.6 Å². The lowest BCUT2D eigenvalue weighted by Crippen LogP contribution is -2.46. The van der Waals surface area contributed by atoms with Crippen molar-refractivity contribution in [3.8, 4) is 0 Å². The quantitative estimate of drug-likeness (QED) is 0.617. The van der Waals surface area contributed by atoms with Gasteiger partial charge in [-0.3, -0.25) is 15.6 Å². The molecule has 0 saturated heterocycles. The number of para-hydroxylation sites is 1. The van der Waals surface area contributed by atoms with Crippen molar-refractivity contribution in [2.24, 2.45) is 23.7 Å². The highest BCUT2D eigenvalue weighted by Gasteiger charge is 2.48. The Morgan fingerprint density at radius 2 is 1.83 bits per heavy atom. The predicted molar refractivity (Wildman–Crippen MR) is 84.0 cm³/mol. The van der Waals surface area contributed by atoms with Gasteiger partial charge in [0, 0.05) is 17.3 Å². The minimum Gasteiger partial charge on any atom is -0.550 e. The number of nitrogens with one attached hydrogen (secondary N) is 2. The van der Waals surface area contributed by atoms with Crippen LogP contribution in [-0.2, 0) is 9.59 Å². The van der Waals surface area contributed by atoms with Gasteiger partial charge in [-0.1, -0.05) is 24.3 Å². The summed E-state index contributed by atoms with van der Waals surface area (Å²) in [6.07, 6.45) is 5.89. The number of carboxylic acids is 1. The topological polar surface area (TPSA) is 107 Å². The zero-order chi connectivity index (χ0) is 16.7. The Bertz CT molecular complexity index is 845. The fraction of sp³-hybridized carbons (Fsp3) is 0.294. The molecule has 2 bridgehead atoms. The van der Waals surface area contributed by atoms with Crippen LogP contribution in [0.4, 0.5) is 5.82 Å². The highest BCUT2D eigenvalue weighted by atomic mass is 16.4. The molecule has 0 radical (unpaired) electrons. The summed E-state index contributed by atoms with van der Waals surface area (Å²) in [6, 6.07) is 7.40. The summed E-state index contributed by atoms with van der Waals surface area (Å²) in [5, 5.41) is 12.2. The van der Waals surface area contributed by atoms with E-state index in [2.05, 4.69) is 20.8 Å². The monoisotopic (exact) mass is 323 g/mol. The van der Waals surface area contributed by atoms with Gasteiger partial charge in [0.05, 0.1) is 11.4 Å². The molecule has 1 aromatic carbocycles. The number of aromatic nitrogens is 2. The maximum absolute atomic E-state index is 12.5. The lowest BCUT2D eigenvalue weighted by molar-refractivity contribution is -0.313. The van der Waals surface area contributed by atoms with E-state index in [1.807, 2.05) is 36.4 Å². The van der Waals surface area contributed by atoms with Crippen molar-refractivity contribution < 1.29 is 14.7 Å². The summed E-state index contributed by atoms with van der Waals surface area (Å²) >= 11 is 0. The zero-order valence-electron chi connectivity index (χ0n) is 12.7. The molecule has 1 saturated carbocycles. The van der Waals surface area contributed by atoms with Crippen LogP contribution in [0, 0.1) is 23.7 Å². The molecule has 1 fully saturated rings. The van der Waals surface area contributed by atoms with E-state index in [9.17, 15) is 14.7 Å². The molecule has 2 aromatic rings. The first kappa shape index (κ1) is 14.6. The second-order valence-electron chi connectivity index (χ2n) is 6.17. The third-order valence-electron chi connectivity index (χ3n) is 4.88. The minimum absolute atomic E-state index is 0.0538. The standard InChI is InChI=1S/C17H16N4O3/c22-16(13-9-5-6-10(7-9)14(13)17(23)24)21-20-15-11-3-1-2-4-12(11)18-8-19-15/h1-6,8-10,13-14H,7H2,(H,21,22)(H,23,24)(H,18,19,20)/p-1/t9-,10+,13+,14+/m1/s1. The van der Waals surface area contributed by atoms with Gasteiger partial charge in [-0.05, 0) is 30.4 Å². The zero-order valence-corrected chi connectivity index (χ0v) is 12.7. The van der Waals surface area contributed by atoms with Gasteiger partial charge in [0.1, 0.15) is 6.33 Å². The van der Waals surface area contributed by atoms with Crippen LogP contribution >= 0.6 is 0 Å². The lowest BCUT2D eigenvalue weighted by Gasteiger charge is -2.27. The molecule has 0 spiro atoms. The number of anilines is 1. The number of carboxylic acid groups (broad SMARTS) is 1. The van der Waals surface area contributed by atoms with E-state index in [4.69, 9.17) is 0 Å². The molecule has 4 atom stereocenters. The number of hydrazine groups is 1. The molecule has 2 aliphatic rings. The molecule has 122 valence electrons.